The van der Waals surface area contributed by atoms with Gasteiger partial charge in [0, 0.05) is 13.0 Å². The van der Waals surface area contributed by atoms with Crippen LogP contribution in [-0.2, 0) is 4.79 Å². The highest BCUT2D eigenvalue weighted by Gasteiger charge is 1.97. The Balaban J connectivity index is -0.000000581. The SMILES string of the molecule is CCCCCCCCCCCCCCCCCC(=O)O.CCCCCCCCCCCCO.OCC(O)CO. The third kappa shape index (κ3) is 50.6. The van der Waals surface area contributed by atoms with Crippen molar-refractivity contribution in [2.45, 2.75) is 187 Å². The molecule has 0 rings (SSSR count). The molecule has 39 heavy (non-hydrogen) atoms. The molecule has 0 unspecified atom stereocenters. The first-order chi connectivity index (χ1) is 19.0. The molecule has 0 aliphatic carbocycles. The summed E-state index contributed by atoms with van der Waals surface area (Å²) in [5, 5.41) is 41.1. The van der Waals surface area contributed by atoms with Crippen molar-refractivity contribution in [3.63, 3.8) is 0 Å². The molecule has 5 N–H and O–H groups in total. The molecule has 0 radical (unpaired) electrons. The van der Waals surface area contributed by atoms with Gasteiger partial charge in [-0.2, -0.15) is 0 Å². The number of carboxylic acid groups (broad SMARTS) is 1. The minimum atomic E-state index is -0.954. The second-order valence-corrected chi connectivity index (χ2v) is 11.0. The number of aliphatic hydroxyl groups is 4. The van der Waals surface area contributed by atoms with E-state index in [1.54, 1.807) is 0 Å². The lowest BCUT2D eigenvalue weighted by molar-refractivity contribution is -0.137. The number of carbonyl (C=O) groups is 1. The quantitative estimate of drug-likeness (QED) is 0.0610. The van der Waals surface area contributed by atoms with Crippen LogP contribution in [0.4, 0.5) is 0 Å². The van der Waals surface area contributed by atoms with E-state index in [9.17, 15) is 4.79 Å². The molecule has 0 heterocycles. The van der Waals surface area contributed by atoms with Gasteiger partial charge in [0.15, 0.2) is 0 Å². The molecule has 0 aromatic heterocycles. The number of aliphatic carboxylic acids is 1. The first-order valence-electron chi connectivity index (χ1n) is 16.7. The number of hydrogen-bond donors (Lipinski definition) is 5. The number of carboxylic acids is 1. The van der Waals surface area contributed by atoms with Gasteiger partial charge in [-0.1, -0.05) is 162 Å². The maximum Gasteiger partial charge on any atom is 0.303 e. The highest BCUT2D eigenvalue weighted by atomic mass is 16.4. The van der Waals surface area contributed by atoms with Gasteiger partial charge in [-0.3, -0.25) is 4.79 Å². The summed E-state index contributed by atoms with van der Waals surface area (Å²) >= 11 is 0. The lowest BCUT2D eigenvalue weighted by atomic mass is 10.0. The van der Waals surface area contributed by atoms with Gasteiger partial charge in [0.25, 0.3) is 0 Å². The van der Waals surface area contributed by atoms with Crippen LogP contribution in [0.2, 0.25) is 0 Å². The summed E-state index contributed by atoms with van der Waals surface area (Å²) in [6.07, 6.45) is 32.5. The summed E-state index contributed by atoms with van der Waals surface area (Å²) in [4.78, 5) is 10.3. The van der Waals surface area contributed by atoms with E-state index in [1.165, 1.54) is 141 Å². The fraction of sp³-hybridized carbons (Fsp3) is 0.970. The summed E-state index contributed by atoms with van der Waals surface area (Å²) in [6, 6.07) is 0. The van der Waals surface area contributed by atoms with Crippen molar-refractivity contribution < 1.29 is 30.3 Å². The zero-order valence-corrected chi connectivity index (χ0v) is 26.2. The molecule has 0 spiro atoms. The maximum absolute atomic E-state index is 10.3. The van der Waals surface area contributed by atoms with Crippen LogP contribution in [0, 0.1) is 0 Å². The lowest BCUT2D eigenvalue weighted by Gasteiger charge is -2.03. The molecule has 0 amide bonds. The molecule has 0 saturated carbocycles. The lowest BCUT2D eigenvalue weighted by Crippen LogP contribution is -2.15. The minimum absolute atomic E-state index is 0.345. The van der Waals surface area contributed by atoms with Gasteiger partial charge >= 0.3 is 5.97 Å². The molecule has 0 aliphatic rings. The third-order valence-corrected chi connectivity index (χ3v) is 6.93. The topological polar surface area (TPSA) is 118 Å². The molecule has 6 heteroatoms. The predicted octanol–water partition coefficient (Wildman–Crippen LogP) is 8.56. The number of unbranched alkanes of at least 4 members (excludes halogenated alkanes) is 23. The van der Waals surface area contributed by atoms with Crippen LogP contribution in [0.5, 0.6) is 0 Å². The van der Waals surface area contributed by atoms with Crippen molar-refractivity contribution in [3.8, 4) is 0 Å². The molecular weight excluding hydrogens is 492 g/mol. The van der Waals surface area contributed by atoms with Gasteiger partial charge < -0.3 is 25.5 Å². The van der Waals surface area contributed by atoms with E-state index in [0.29, 0.717) is 13.0 Å². The first kappa shape index (κ1) is 42.8. The summed E-state index contributed by atoms with van der Waals surface area (Å²) in [5.74, 6) is -0.653. The molecule has 0 saturated heterocycles. The summed E-state index contributed by atoms with van der Waals surface area (Å²) < 4.78 is 0. The molecule has 238 valence electrons. The molecule has 0 aliphatic heterocycles. The molecule has 0 atom stereocenters. The van der Waals surface area contributed by atoms with Crippen LogP contribution in [0.25, 0.3) is 0 Å². The fourth-order valence-corrected chi connectivity index (χ4v) is 4.30. The van der Waals surface area contributed by atoms with Gasteiger partial charge in [0.2, 0.25) is 0 Å². The standard InChI is InChI=1S/C18H36O2.C12H26O.C3H8O3/c1-2-3-4-5-6-7-8-9-10-11-12-13-14-15-16-17-18(19)20;1-2-3-4-5-6-7-8-9-10-11-12-13;4-1-3(6)2-5/h2-17H2,1H3,(H,19,20);13H,2-12H2,1H3;3-6H,1-2H2. The van der Waals surface area contributed by atoms with E-state index in [2.05, 4.69) is 13.8 Å². The zero-order valence-electron chi connectivity index (χ0n) is 26.2. The van der Waals surface area contributed by atoms with Crippen molar-refractivity contribution in [1.29, 1.82) is 0 Å². The fourth-order valence-electron chi connectivity index (χ4n) is 4.30. The molecule has 0 aromatic rings. The second kappa shape index (κ2) is 41.8. The van der Waals surface area contributed by atoms with Crippen LogP contribution in [0.15, 0.2) is 0 Å². The van der Waals surface area contributed by atoms with E-state index in [1.807, 2.05) is 0 Å². The van der Waals surface area contributed by atoms with Crippen LogP contribution < -0.4 is 0 Å². The minimum Gasteiger partial charge on any atom is -0.481 e. The molecule has 0 fully saturated rings. The average Bonchev–Trinajstić information content (AvgIpc) is 2.94. The van der Waals surface area contributed by atoms with Crippen molar-refractivity contribution in [3.05, 3.63) is 0 Å². The highest BCUT2D eigenvalue weighted by molar-refractivity contribution is 5.66. The Morgan fingerprint density at radius 2 is 0.718 bits per heavy atom. The van der Waals surface area contributed by atoms with E-state index in [4.69, 9.17) is 25.5 Å². The molecule has 6 nitrogen and oxygen atoms in total. The summed E-state index contributed by atoms with van der Waals surface area (Å²) in [5.41, 5.74) is 0. The Kier molecular flexibility index (Phi) is 45.8. The summed E-state index contributed by atoms with van der Waals surface area (Å²) in [6.45, 7) is 4.17. The Labute approximate surface area is 243 Å². The molecule has 0 aromatic carbocycles. The molecule has 0 bridgehead atoms. The van der Waals surface area contributed by atoms with Gasteiger partial charge in [-0.25, -0.2) is 0 Å². The Bertz CT molecular complexity index is 405. The number of rotatable bonds is 28. The van der Waals surface area contributed by atoms with Crippen LogP contribution >= 0.6 is 0 Å². The Hall–Kier alpha value is -0.690. The average molecular weight is 563 g/mol. The van der Waals surface area contributed by atoms with Crippen molar-refractivity contribution in [1.82, 2.24) is 0 Å². The van der Waals surface area contributed by atoms with E-state index in [-0.39, 0.29) is 13.2 Å². The molecular formula is C33H70O6. The van der Waals surface area contributed by atoms with Crippen molar-refractivity contribution in [2.24, 2.45) is 0 Å². The van der Waals surface area contributed by atoms with Gasteiger partial charge in [-0.05, 0) is 12.8 Å². The smallest absolute Gasteiger partial charge is 0.303 e. The number of hydrogen-bond acceptors (Lipinski definition) is 5. The zero-order chi connectivity index (χ0) is 29.7. The van der Waals surface area contributed by atoms with E-state index < -0.39 is 12.1 Å². The normalized spacial score (nSPS) is 10.6. The summed E-state index contributed by atoms with van der Waals surface area (Å²) in [7, 11) is 0. The van der Waals surface area contributed by atoms with Gasteiger partial charge in [-0.15, -0.1) is 0 Å². The van der Waals surface area contributed by atoms with E-state index >= 15 is 0 Å². The van der Waals surface area contributed by atoms with Gasteiger partial charge in [0.05, 0.1) is 13.2 Å². The van der Waals surface area contributed by atoms with Crippen LogP contribution in [-0.4, -0.2) is 57.4 Å². The predicted molar refractivity (Wildman–Crippen MR) is 166 cm³/mol. The highest BCUT2D eigenvalue weighted by Crippen LogP contribution is 2.14. The largest absolute Gasteiger partial charge is 0.481 e. The van der Waals surface area contributed by atoms with Crippen LogP contribution in [0.1, 0.15) is 181 Å². The third-order valence-electron chi connectivity index (χ3n) is 6.93. The maximum atomic E-state index is 10.3. The monoisotopic (exact) mass is 563 g/mol. The van der Waals surface area contributed by atoms with Crippen molar-refractivity contribution >= 4 is 5.97 Å². The first-order valence-corrected chi connectivity index (χ1v) is 16.7. The second-order valence-electron chi connectivity index (χ2n) is 11.0. The van der Waals surface area contributed by atoms with Crippen molar-refractivity contribution in [2.75, 3.05) is 19.8 Å². The van der Waals surface area contributed by atoms with Gasteiger partial charge in [0.1, 0.15) is 6.10 Å². The Morgan fingerprint density at radius 1 is 0.462 bits per heavy atom. The number of aliphatic hydroxyl groups excluding tert-OH is 4. The van der Waals surface area contributed by atoms with Crippen LogP contribution in [0.3, 0.4) is 0 Å². The van der Waals surface area contributed by atoms with E-state index in [0.717, 1.165) is 19.3 Å². The Morgan fingerprint density at radius 3 is 0.923 bits per heavy atom.